The second-order valence-corrected chi connectivity index (χ2v) is 4.62. The van der Waals surface area contributed by atoms with Crippen molar-refractivity contribution in [2.75, 3.05) is 5.32 Å². The molecule has 0 saturated carbocycles. The molecule has 4 nitrogen and oxygen atoms in total. The molecule has 0 aliphatic carbocycles. The van der Waals surface area contributed by atoms with E-state index in [4.69, 9.17) is 0 Å². The summed E-state index contributed by atoms with van der Waals surface area (Å²) in [5.41, 5.74) is 0.625. The molecule has 7 heteroatoms. The topological polar surface area (TPSA) is 54.0 Å². The number of carbonyl (C=O) groups is 1. The summed E-state index contributed by atoms with van der Waals surface area (Å²) in [6.45, 7) is 0. The van der Waals surface area contributed by atoms with Crippen molar-refractivity contribution in [3.63, 3.8) is 0 Å². The third-order valence-electron chi connectivity index (χ3n) is 3.23. The number of hydrogen-bond acceptors (Lipinski definition) is 2. The molecule has 2 heterocycles. The lowest BCUT2D eigenvalue weighted by Crippen LogP contribution is -2.38. The molecule has 21 heavy (non-hydrogen) atoms. The van der Waals surface area contributed by atoms with Crippen LogP contribution < -0.4 is 10.6 Å². The quantitative estimate of drug-likeness (QED) is 0.847. The van der Waals surface area contributed by atoms with Crippen LogP contribution in [-0.4, -0.2) is 11.0 Å². The highest BCUT2D eigenvalue weighted by molar-refractivity contribution is 5.93. The van der Waals surface area contributed by atoms with Crippen molar-refractivity contribution >= 4 is 11.7 Å². The van der Waals surface area contributed by atoms with Crippen LogP contribution >= 0.6 is 0 Å². The molecule has 1 aliphatic heterocycles. The van der Waals surface area contributed by atoms with Crippen LogP contribution in [0.5, 0.6) is 0 Å². The number of pyridine rings is 1. The van der Waals surface area contributed by atoms with Crippen molar-refractivity contribution in [3.8, 4) is 0 Å². The lowest BCUT2D eigenvalue weighted by molar-refractivity contribution is -0.137. The van der Waals surface area contributed by atoms with Gasteiger partial charge in [0.25, 0.3) is 0 Å². The normalized spacial score (nSPS) is 17.7. The molecule has 3 rings (SSSR count). The fourth-order valence-corrected chi connectivity index (χ4v) is 2.27. The monoisotopic (exact) mass is 293 g/mol. The number of halogens is 3. The lowest BCUT2D eigenvalue weighted by atomic mass is 9.95. The maximum absolute atomic E-state index is 12.7. The highest BCUT2D eigenvalue weighted by Crippen LogP contribution is 2.37. The summed E-state index contributed by atoms with van der Waals surface area (Å²) in [5, 5.41) is 5.08. The maximum atomic E-state index is 12.7. The van der Waals surface area contributed by atoms with Crippen LogP contribution in [0.1, 0.15) is 22.7 Å². The van der Waals surface area contributed by atoms with Crippen molar-refractivity contribution in [1.82, 2.24) is 10.3 Å². The minimum Gasteiger partial charge on any atom is -0.327 e. The van der Waals surface area contributed by atoms with E-state index in [1.165, 1.54) is 6.07 Å². The van der Waals surface area contributed by atoms with Crippen molar-refractivity contribution < 1.29 is 18.0 Å². The van der Waals surface area contributed by atoms with Crippen molar-refractivity contribution in [2.45, 2.75) is 12.2 Å². The first-order chi connectivity index (χ1) is 9.95. The zero-order valence-electron chi connectivity index (χ0n) is 10.6. The third-order valence-corrected chi connectivity index (χ3v) is 3.23. The fourth-order valence-electron chi connectivity index (χ4n) is 2.27. The molecule has 2 N–H and O–H groups in total. The van der Waals surface area contributed by atoms with Crippen molar-refractivity contribution in [1.29, 1.82) is 0 Å². The number of alkyl halides is 3. The van der Waals surface area contributed by atoms with Crippen LogP contribution in [0.4, 0.5) is 23.7 Å². The first-order valence-electron chi connectivity index (χ1n) is 6.14. The Morgan fingerprint density at radius 2 is 2.00 bits per heavy atom. The molecule has 108 valence electrons. The van der Waals surface area contributed by atoms with E-state index in [2.05, 4.69) is 15.6 Å². The number of nitrogens with zero attached hydrogens (tertiary/aromatic N) is 1. The van der Waals surface area contributed by atoms with Crippen LogP contribution in [0.15, 0.2) is 42.7 Å². The number of hydrogen-bond donors (Lipinski definition) is 2. The van der Waals surface area contributed by atoms with E-state index >= 15 is 0 Å². The van der Waals surface area contributed by atoms with Gasteiger partial charge < -0.3 is 10.6 Å². The van der Waals surface area contributed by atoms with Crippen LogP contribution in [-0.2, 0) is 6.18 Å². The minimum absolute atomic E-state index is 0.155. The number of carbonyl (C=O) groups excluding carboxylic acids is 1. The Kier molecular flexibility index (Phi) is 3.04. The van der Waals surface area contributed by atoms with E-state index in [1.54, 1.807) is 24.5 Å². The van der Waals surface area contributed by atoms with E-state index in [1.807, 2.05) is 0 Å². The number of rotatable bonds is 1. The van der Waals surface area contributed by atoms with Crippen LogP contribution in [0.2, 0.25) is 0 Å². The van der Waals surface area contributed by atoms with Gasteiger partial charge in [-0.2, -0.15) is 13.2 Å². The van der Waals surface area contributed by atoms with Gasteiger partial charge in [0.15, 0.2) is 0 Å². The average Bonchev–Trinajstić information content (AvgIpc) is 2.45. The zero-order valence-corrected chi connectivity index (χ0v) is 10.6. The molecule has 2 amide bonds. The van der Waals surface area contributed by atoms with Crippen LogP contribution in [0, 0.1) is 0 Å². The van der Waals surface area contributed by atoms with E-state index in [-0.39, 0.29) is 5.69 Å². The number of nitrogens with one attached hydrogen (secondary N) is 2. The minimum atomic E-state index is -4.45. The number of urea groups is 1. The number of amides is 2. The highest BCUT2D eigenvalue weighted by atomic mass is 19.4. The summed E-state index contributed by atoms with van der Waals surface area (Å²) in [7, 11) is 0. The Balaban J connectivity index is 2.08. The molecule has 1 aromatic heterocycles. The molecule has 1 atom stereocenters. The molecule has 0 fully saturated rings. The molecular formula is C14H10F3N3O. The van der Waals surface area contributed by atoms with Gasteiger partial charge in [-0.1, -0.05) is 12.1 Å². The molecule has 0 bridgehead atoms. The highest BCUT2D eigenvalue weighted by Gasteiger charge is 2.33. The fraction of sp³-hybridized carbons (Fsp3) is 0.143. The lowest BCUT2D eigenvalue weighted by Gasteiger charge is -2.28. The van der Waals surface area contributed by atoms with Gasteiger partial charge in [-0.05, 0) is 23.8 Å². The number of benzene rings is 1. The maximum Gasteiger partial charge on any atom is 0.416 e. The van der Waals surface area contributed by atoms with Gasteiger partial charge in [0.1, 0.15) is 0 Å². The molecule has 1 unspecified atom stereocenters. The predicted molar refractivity (Wildman–Crippen MR) is 69.7 cm³/mol. The second kappa shape index (κ2) is 4.76. The number of aromatic nitrogens is 1. The molecule has 1 aromatic carbocycles. The third kappa shape index (κ3) is 2.54. The summed E-state index contributed by atoms with van der Waals surface area (Å²) in [5.74, 6) is 0. The Morgan fingerprint density at radius 3 is 2.67 bits per heavy atom. The van der Waals surface area contributed by atoms with Crippen LogP contribution in [0.3, 0.4) is 0 Å². The van der Waals surface area contributed by atoms with Crippen molar-refractivity contribution in [3.05, 3.63) is 59.4 Å². The van der Waals surface area contributed by atoms with Gasteiger partial charge in [-0.3, -0.25) is 4.98 Å². The van der Waals surface area contributed by atoms with Gasteiger partial charge in [0.2, 0.25) is 0 Å². The molecule has 1 aliphatic rings. The Bertz CT molecular complexity index is 686. The Morgan fingerprint density at radius 1 is 1.19 bits per heavy atom. The molecule has 0 spiro atoms. The van der Waals surface area contributed by atoms with Gasteiger partial charge in [-0.25, -0.2) is 4.79 Å². The van der Waals surface area contributed by atoms with Gasteiger partial charge in [0.05, 0.1) is 11.6 Å². The molecular weight excluding hydrogens is 283 g/mol. The van der Waals surface area contributed by atoms with Gasteiger partial charge >= 0.3 is 12.2 Å². The second-order valence-electron chi connectivity index (χ2n) is 4.62. The standard InChI is InChI=1S/C14H10F3N3O/c15-14(16,17)9-3-4-10-11(6-9)19-13(21)20-12(10)8-2-1-5-18-7-8/h1-7,12H,(H2,19,20,21). The van der Waals surface area contributed by atoms with Crippen LogP contribution in [0.25, 0.3) is 0 Å². The van der Waals surface area contributed by atoms with Gasteiger partial charge in [-0.15, -0.1) is 0 Å². The largest absolute Gasteiger partial charge is 0.416 e. The van der Waals surface area contributed by atoms with E-state index in [0.717, 1.165) is 12.1 Å². The van der Waals surface area contributed by atoms with E-state index in [0.29, 0.717) is 11.1 Å². The smallest absolute Gasteiger partial charge is 0.327 e. The number of anilines is 1. The number of fused-ring (bicyclic) bond motifs is 1. The average molecular weight is 293 g/mol. The SMILES string of the molecule is O=C1Nc2cc(C(F)(F)F)ccc2C(c2cccnc2)N1. The molecule has 2 aromatic rings. The molecule has 0 saturated heterocycles. The first-order valence-corrected chi connectivity index (χ1v) is 6.14. The first kappa shape index (κ1) is 13.4. The predicted octanol–water partition coefficient (Wildman–Crippen LogP) is 3.32. The summed E-state index contributed by atoms with van der Waals surface area (Å²) in [6, 6.07) is 5.69. The Hall–Kier alpha value is -2.57. The van der Waals surface area contributed by atoms with E-state index in [9.17, 15) is 18.0 Å². The molecule has 0 radical (unpaired) electrons. The summed E-state index contributed by atoms with van der Waals surface area (Å²) in [6.07, 6.45) is -1.30. The summed E-state index contributed by atoms with van der Waals surface area (Å²) >= 11 is 0. The van der Waals surface area contributed by atoms with Crippen molar-refractivity contribution in [2.24, 2.45) is 0 Å². The van der Waals surface area contributed by atoms with Gasteiger partial charge in [0, 0.05) is 23.6 Å². The zero-order chi connectivity index (χ0) is 15.0. The van der Waals surface area contributed by atoms with E-state index < -0.39 is 23.8 Å². The summed E-state index contributed by atoms with van der Waals surface area (Å²) in [4.78, 5) is 15.6. The Labute approximate surface area is 118 Å². The summed E-state index contributed by atoms with van der Waals surface area (Å²) < 4.78 is 38.2.